The maximum Gasteiger partial charge on any atom is 0.233 e. The normalized spacial score (nSPS) is 12.2. The molecular weight excluding hydrogens is 202 g/mol. The first kappa shape index (κ1) is 11.0. The fourth-order valence-electron chi connectivity index (χ4n) is 0.865. The minimum absolute atomic E-state index is 0.407. The second-order valence-electron chi connectivity index (χ2n) is 3.09. The SMILES string of the molecule is COc1cncc(NCC(C)CCl)n1. The predicted molar refractivity (Wildman–Crippen MR) is 57.0 cm³/mol. The van der Waals surface area contributed by atoms with Gasteiger partial charge in [0.15, 0.2) is 0 Å². The number of nitrogens with one attached hydrogen (secondary N) is 1. The molecule has 0 spiro atoms. The van der Waals surface area contributed by atoms with Gasteiger partial charge in [0.05, 0.1) is 19.5 Å². The van der Waals surface area contributed by atoms with Crippen molar-refractivity contribution >= 4 is 17.4 Å². The largest absolute Gasteiger partial charge is 0.480 e. The molecule has 14 heavy (non-hydrogen) atoms. The molecule has 0 aliphatic heterocycles. The number of alkyl halides is 1. The number of methoxy groups -OCH3 is 1. The Labute approximate surface area is 88.7 Å². The van der Waals surface area contributed by atoms with Crippen molar-refractivity contribution in [3.8, 4) is 5.88 Å². The maximum atomic E-state index is 5.68. The highest BCUT2D eigenvalue weighted by atomic mass is 35.5. The zero-order chi connectivity index (χ0) is 10.4. The van der Waals surface area contributed by atoms with E-state index in [0.717, 1.165) is 6.54 Å². The number of ether oxygens (including phenoxy) is 1. The van der Waals surface area contributed by atoms with Crippen molar-refractivity contribution in [2.75, 3.05) is 24.9 Å². The lowest BCUT2D eigenvalue weighted by molar-refractivity contribution is 0.396. The Kier molecular flexibility index (Phi) is 4.46. The molecule has 1 aromatic heterocycles. The van der Waals surface area contributed by atoms with E-state index < -0.39 is 0 Å². The van der Waals surface area contributed by atoms with Crippen LogP contribution in [0.25, 0.3) is 0 Å². The van der Waals surface area contributed by atoms with E-state index in [9.17, 15) is 0 Å². The van der Waals surface area contributed by atoms with E-state index in [-0.39, 0.29) is 0 Å². The Balaban J connectivity index is 2.50. The molecule has 0 amide bonds. The lowest BCUT2D eigenvalue weighted by atomic mass is 10.2. The van der Waals surface area contributed by atoms with Gasteiger partial charge in [0.2, 0.25) is 5.88 Å². The van der Waals surface area contributed by atoms with Gasteiger partial charge in [-0.3, -0.25) is 4.98 Å². The van der Waals surface area contributed by atoms with E-state index in [2.05, 4.69) is 22.2 Å². The molecule has 1 heterocycles. The van der Waals surface area contributed by atoms with Crippen molar-refractivity contribution < 1.29 is 4.74 Å². The fourth-order valence-corrected chi connectivity index (χ4v) is 0.974. The van der Waals surface area contributed by atoms with E-state index in [1.54, 1.807) is 19.5 Å². The Morgan fingerprint density at radius 1 is 1.57 bits per heavy atom. The first-order chi connectivity index (χ1) is 6.76. The molecule has 78 valence electrons. The van der Waals surface area contributed by atoms with E-state index >= 15 is 0 Å². The monoisotopic (exact) mass is 215 g/mol. The molecule has 1 atom stereocenters. The van der Waals surface area contributed by atoms with Crippen molar-refractivity contribution in [2.24, 2.45) is 5.92 Å². The van der Waals surface area contributed by atoms with Crippen LogP contribution in [0, 0.1) is 5.92 Å². The van der Waals surface area contributed by atoms with Crippen LogP contribution in [0.3, 0.4) is 0 Å². The van der Waals surface area contributed by atoms with E-state index in [1.807, 2.05) is 0 Å². The summed E-state index contributed by atoms with van der Waals surface area (Å²) in [5.74, 6) is 2.25. The number of hydrogen-bond acceptors (Lipinski definition) is 4. The van der Waals surface area contributed by atoms with E-state index in [4.69, 9.17) is 16.3 Å². The van der Waals surface area contributed by atoms with Crippen LogP contribution in [-0.2, 0) is 0 Å². The first-order valence-electron chi connectivity index (χ1n) is 4.42. The number of anilines is 1. The van der Waals surface area contributed by atoms with Gasteiger partial charge in [-0.05, 0) is 5.92 Å². The average molecular weight is 216 g/mol. The number of rotatable bonds is 5. The smallest absolute Gasteiger partial charge is 0.233 e. The molecule has 0 radical (unpaired) electrons. The van der Waals surface area contributed by atoms with Crippen LogP contribution in [0.4, 0.5) is 5.82 Å². The number of halogens is 1. The number of nitrogens with zero attached hydrogens (tertiary/aromatic N) is 2. The Bertz CT molecular complexity index is 283. The minimum Gasteiger partial charge on any atom is -0.480 e. The third kappa shape index (κ3) is 3.38. The van der Waals surface area contributed by atoms with Crippen LogP contribution < -0.4 is 10.1 Å². The van der Waals surface area contributed by atoms with Crippen LogP contribution in [0.5, 0.6) is 5.88 Å². The fraction of sp³-hybridized carbons (Fsp3) is 0.556. The van der Waals surface area contributed by atoms with Gasteiger partial charge in [0.1, 0.15) is 5.82 Å². The highest BCUT2D eigenvalue weighted by Gasteiger charge is 2.01. The molecule has 0 aliphatic rings. The third-order valence-electron chi connectivity index (χ3n) is 1.72. The van der Waals surface area contributed by atoms with Crippen LogP contribution >= 0.6 is 11.6 Å². The standard InChI is InChI=1S/C9H14ClN3O/c1-7(3-10)4-12-8-5-11-6-9(13-8)14-2/h5-7H,3-4H2,1-2H3,(H,12,13). The van der Waals surface area contributed by atoms with Crippen molar-refractivity contribution in [3.63, 3.8) is 0 Å². The Hall–Kier alpha value is -1.03. The van der Waals surface area contributed by atoms with Gasteiger partial charge in [0.25, 0.3) is 0 Å². The summed E-state index contributed by atoms with van der Waals surface area (Å²) >= 11 is 5.68. The van der Waals surface area contributed by atoms with Crippen LogP contribution in [0.15, 0.2) is 12.4 Å². The molecule has 0 aliphatic carbocycles. The van der Waals surface area contributed by atoms with Gasteiger partial charge in [-0.25, -0.2) is 0 Å². The zero-order valence-electron chi connectivity index (χ0n) is 8.33. The van der Waals surface area contributed by atoms with Crippen molar-refractivity contribution in [2.45, 2.75) is 6.92 Å². The lowest BCUT2D eigenvalue weighted by Crippen LogP contribution is -2.13. The summed E-state index contributed by atoms with van der Waals surface area (Å²) in [7, 11) is 1.56. The van der Waals surface area contributed by atoms with Crippen molar-refractivity contribution in [1.29, 1.82) is 0 Å². The summed E-state index contributed by atoms with van der Waals surface area (Å²) in [6, 6.07) is 0. The van der Waals surface area contributed by atoms with Crippen LogP contribution in [-0.4, -0.2) is 29.5 Å². The van der Waals surface area contributed by atoms with E-state index in [1.165, 1.54) is 0 Å². The molecule has 0 saturated heterocycles. The maximum absolute atomic E-state index is 5.68. The Morgan fingerprint density at radius 3 is 3.00 bits per heavy atom. The van der Waals surface area contributed by atoms with Crippen molar-refractivity contribution in [3.05, 3.63) is 12.4 Å². The zero-order valence-corrected chi connectivity index (χ0v) is 9.08. The van der Waals surface area contributed by atoms with Crippen molar-refractivity contribution in [1.82, 2.24) is 9.97 Å². The third-order valence-corrected chi connectivity index (χ3v) is 2.24. The predicted octanol–water partition coefficient (Wildman–Crippen LogP) is 1.77. The van der Waals surface area contributed by atoms with Gasteiger partial charge in [-0.1, -0.05) is 6.92 Å². The Morgan fingerprint density at radius 2 is 2.36 bits per heavy atom. The van der Waals surface area contributed by atoms with Gasteiger partial charge >= 0.3 is 0 Å². The second kappa shape index (κ2) is 5.65. The average Bonchev–Trinajstić information content (AvgIpc) is 2.26. The summed E-state index contributed by atoms with van der Waals surface area (Å²) in [6.45, 7) is 2.85. The summed E-state index contributed by atoms with van der Waals surface area (Å²) in [4.78, 5) is 8.13. The van der Waals surface area contributed by atoms with Crippen LogP contribution in [0.2, 0.25) is 0 Å². The molecule has 1 N–H and O–H groups in total. The second-order valence-corrected chi connectivity index (χ2v) is 3.40. The molecule has 0 aromatic carbocycles. The van der Waals surface area contributed by atoms with Gasteiger partial charge in [-0.2, -0.15) is 4.98 Å². The van der Waals surface area contributed by atoms with Gasteiger partial charge in [-0.15, -0.1) is 11.6 Å². The summed E-state index contributed by atoms with van der Waals surface area (Å²) in [5.41, 5.74) is 0. The highest BCUT2D eigenvalue weighted by molar-refractivity contribution is 6.18. The first-order valence-corrected chi connectivity index (χ1v) is 4.95. The molecule has 0 fully saturated rings. The number of aromatic nitrogens is 2. The highest BCUT2D eigenvalue weighted by Crippen LogP contribution is 2.08. The molecule has 0 bridgehead atoms. The molecular formula is C9H14ClN3O. The molecule has 1 rings (SSSR count). The molecule has 0 saturated carbocycles. The summed E-state index contributed by atoms with van der Waals surface area (Å²) < 4.78 is 4.95. The quantitative estimate of drug-likeness (QED) is 0.761. The van der Waals surface area contributed by atoms with E-state index in [0.29, 0.717) is 23.5 Å². The molecule has 4 nitrogen and oxygen atoms in total. The van der Waals surface area contributed by atoms with Gasteiger partial charge < -0.3 is 10.1 Å². The van der Waals surface area contributed by atoms with Crippen LogP contribution in [0.1, 0.15) is 6.92 Å². The minimum atomic E-state index is 0.407. The lowest BCUT2D eigenvalue weighted by Gasteiger charge is -2.09. The number of hydrogen-bond donors (Lipinski definition) is 1. The topological polar surface area (TPSA) is 47.0 Å². The molecule has 5 heteroatoms. The molecule has 1 aromatic rings. The summed E-state index contributed by atoms with van der Waals surface area (Å²) in [5, 5.41) is 3.13. The van der Waals surface area contributed by atoms with Gasteiger partial charge in [0, 0.05) is 12.4 Å². The summed E-state index contributed by atoms with van der Waals surface area (Å²) in [6.07, 6.45) is 3.22. The molecule has 1 unspecified atom stereocenters.